The van der Waals surface area contributed by atoms with Gasteiger partial charge in [0.25, 0.3) is 0 Å². The van der Waals surface area contributed by atoms with Gasteiger partial charge in [0.05, 0.1) is 12.6 Å². The fourth-order valence-electron chi connectivity index (χ4n) is 3.92. The maximum absolute atomic E-state index is 13.3. The summed E-state index contributed by atoms with van der Waals surface area (Å²) in [4.78, 5) is 6.83. The van der Waals surface area contributed by atoms with Crippen molar-refractivity contribution in [2.75, 3.05) is 18.5 Å². The van der Waals surface area contributed by atoms with Gasteiger partial charge in [-0.1, -0.05) is 25.0 Å². The van der Waals surface area contributed by atoms with Crippen molar-refractivity contribution in [2.24, 2.45) is 10.9 Å². The van der Waals surface area contributed by atoms with Gasteiger partial charge in [-0.3, -0.25) is 9.55 Å². The summed E-state index contributed by atoms with van der Waals surface area (Å²) >= 11 is 0. The Bertz CT molecular complexity index is 556. The molecular formula is C15H19N3O. The number of anilines is 1. The van der Waals surface area contributed by atoms with Crippen molar-refractivity contribution in [1.82, 2.24) is 4.65 Å². The van der Waals surface area contributed by atoms with Crippen LogP contribution in [0.15, 0.2) is 29.3 Å². The molecule has 0 N–H and O–H groups in total. The van der Waals surface area contributed by atoms with E-state index in [9.17, 15) is 5.21 Å². The van der Waals surface area contributed by atoms with Gasteiger partial charge in [0, 0.05) is 19.0 Å². The molecule has 3 atom stereocenters. The van der Waals surface area contributed by atoms with E-state index in [2.05, 4.69) is 0 Å². The number of rotatable bonds is 0. The Kier molecular flexibility index (Phi) is 2.29. The third-order valence-electron chi connectivity index (χ3n) is 4.90. The summed E-state index contributed by atoms with van der Waals surface area (Å²) in [5.41, 5.74) is 1.89. The summed E-state index contributed by atoms with van der Waals surface area (Å²) in [5, 5.41) is 13.3. The highest BCUT2D eigenvalue weighted by Crippen LogP contribution is 2.46. The summed E-state index contributed by atoms with van der Waals surface area (Å²) in [7, 11) is 1.97. The second-order valence-electron chi connectivity index (χ2n) is 6.01. The minimum atomic E-state index is -0.339. The Labute approximate surface area is 113 Å². The zero-order chi connectivity index (χ0) is 13.0. The average Bonchev–Trinajstić information content (AvgIpc) is 2.66. The number of fused-ring (bicyclic) bond motifs is 4. The molecule has 0 spiro atoms. The van der Waals surface area contributed by atoms with Crippen LogP contribution in [0.25, 0.3) is 0 Å². The Morgan fingerprint density at radius 1 is 1.26 bits per heavy atom. The standard InChI is InChI=1S/C15H19N3O/c1-17-13-8-4-5-9-14(13)18(19)10-11-6-2-3-7-12(11)16-15(17)18/h4-5,8-9,11-12H,2-3,6-7,10H2,1H3. The first kappa shape index (κ1) is 11.4. The quantitative estimate of drug-likeness (QED) is 0.529. The molecule has 19 heavy (non-hydrogen) atoms. The molecule has 0 amide bonds. The molecular weight excluding hydrogens is 238 g/mol. The van der Waals surface area contributed by atoms with Crippen molar-refractivity contribution < 1.29 is 0 Å². The highest BCUT2D eigenvalue weighted by molar-refractivity contribution is 6.12. The monoisotopic (exact) mass is 257 g/mol. The van der Waals surface area contributed by atoms with Gasteiger partial charge in [-0.25, -0.2) is 4.99 Å². The third kappa shape index (κ3) is 1.44. The Balaban J connectivity index is 1.86. The minimum absolute atomic E-state index is 0.339. The summed E-state index contributed by atoms with van der Waals surface area (Å²) < 4.78 is -0.339. The van der Waals surface area contributed by atoms with Crippen molar-refractivity contribution in [2.45, 2.75) is 31.7 Å². The molecule has 3 unspecified atom stereocenters. The van der Waals surface area contributed by atoms with Crippen LogP contribution in [0.4, 0.5) is 11.4 Å². The number of quaternary nitrogens is 1. The Morgan fingerprint density at radius 2 is 2.05 bits per heavy atom. The van der Waals surface area contributed by atoms with E-state index in [-0.39, 0.29) is 4.65 Å². The van der Waals surface area contributed by atoms with E-state index in [1.165, 1.54) is 12.8 Å². The molecule has 1 aliphatic carbocycles. The molecule has 1 aromatic rings. The number of nitrogens with zero attached hydrogens (tertiary/aromatic N) is 3. The van der Waals surface area contributed by atoms with Gasteiger partial charge in [-0.2, -0.15) is 0 Å². The predicted octanol–water partition coefficient (Wildman–Crippen LogP) is 2.87. The lowest BCUT2D eigenvalue weighted by molar-refractivity contribution is 0.251. The van der Waals surface area contributed by atoms with Crippen molar-refractivity contribution in [3.05, 3.63) is 29.5 Å². The fraction of sp³-hybridized carbons (Fsp3) is 0.533. The third-order valence-corrected chi connectivity index (χ3v) is 4.90. The molecule has 1 aromatic carbocycles. The van der Waals surface area contributed by atoms with E-state index in [1.54, 1.807) is 0 Å². The van der Waals surface area contributed by atoms with Crippen LogP contribution in [0, 0.1) is 11.1 Å². The number of benzene rings is 1. The number of hydrogen-bond donors (Lipinski definition) is 0. The van der Waals surface area contributed by atoms with Gasteiger partial charge in [-0.05, 0) is 18.9 Å². The van der Waals surface area contributed by atoms with Crippen LogP contribution in [0.2, 0.25) is 0 Å². The molecule has 4 rings (SSSR count). The SMILES string of the molecule is CN1C2=NC3CCCCC3C[N+]2([O-])c2ccccc21. The minimum Gasteiger partial charge on any atom is -0.619 e. The molecule has 4 nitrogen and oxygen atoms in total. The van der Waals surface area contributed by atoms with E-state index < -0.39 is 0 Å². The van der Waals surface area contributed by atoms with Crippen molar-refractivity contribution in [3.63, 3.8) is 0 Å². The highest BCUT2D eigenvalue weighted by Gasteiger charge is 2.48. The van der Waals surface area contributed by atoms with Crippen LogP contribution < -0.4 is 9.55 Å². The van der Waals surface area contributed by atoms with Crippen LogP contribution >= 0.6 is 0 Å². The Hall–Kier alpha value is -1.39. The van der Waals surface area contributed by atoms with Gasteiger partial charge in [-0.15, -0.1) is 0 Å². The van der Waals surface area contributed by atoms with Crippen LogP contribution in [-0.4, -0.2) is 25.6 Å². The van der Waals surface area contributed by atoms with Crippen LogP contribution in [0.5, 0.6) is 0 Å². The zero-order valence-electron chi connectivity index (χ0n) is 11.2. The lowest BCUT2D eigenvalue weighted by atomic mass is 9.83. The van der Waals surface area contributed by atoms with E-state index in [0.717, 1.165) is 24.2 Å². The topological polar surface area (TPSA) is 38.7 Å². The molecule has 2 aliphatic heterocycles. The number of hydrogen-bond acceptors (Lipinski definition) is 3. The number of aliphatic imine (C=N–C) groups is 1. The molecule has 3 aliphatic rings. The summed E-state index contributed by atoms with van der Waals surface area (Å²) in [6.07, 6.45) is 4.82. The number of hydroxylamine groups is 2. The van der Waals surface area contributed by atoms with Gasteiger partial charge in [0.15, 0.2) is 5.69 Å². The molecule has 0 saturated heterocycles. The average molecular weight is 257 g/mol. The molecule has 0 radical (unpaired) electrons. The van der Waals surface area contributed by atoms with E-state index in [0.29, 0.717) is 24.5 Å². The Morgan fingerprint density at radius 3 is 2.95 bits per heavy atom. The van der Waals surface area contributed by atoms with Gasteiger partial charge in [0.1, 0.15) is 5.69 Å². The van der Waals surface area contributed by atoms with E-state index >= 15 is 0 Å². The van der Waals surface area contributed by atoms with Crippen LogP contribution in [-0.2, 0) is 0 Å². The van der Waals surface area contributed by atoms with Crippen LogP contribution in [0.1, 0.15) is 25.7 Å². The normalized spacial score (nSPS) is 36.3. The largest absolute Gasteiger partial charge is 0.619 e. The maximum atomic E-state index is 13.3. The van der Waals surface area contributed by atoms with Crippen molar-refractivity contribution >= 4 is 17.3 Å². The van der Waals surface area contributed by atoms with E-state index in [4.69, 9.17) is 4.99 Å². The highest BCUT2D eigenvalue weighted by atomic mass is 16.6. The molecule has 0 aromatic heterocycles. The first-order valence-corrected chi connectivity index (χ1v) is 7.21. The van der Waals surface area contributed by atoms with Gasteiger partial charge < -0.3 is 5.21 Å². The lowest BCUT2D eigenvalue weighted by Crippen LogP contribution is -2.58. The first-order valence-electron chi connectivity index (χ1n) is 7.21. The molecule has 100 valence electrons. The summed E-state index contributed by atoms with van der Waals surface area (Å²) in [5.74, 6) is 1.17. The van der Waals surface area contributed by atoms with E-state index in [1.807, 2.05) is 36.2 Å². The molecule has 0 bridgehead atoms. The molecule has 2 heterocycles. The van der Waals surface area contributed by atoms with Crippen LogP contribution in [0.3, 0.4) is 0 Å². The maximum Gasteiger partial charge on any atom is 0.310 e. The number of para-hydroxylation sites is 2. The molecule has 1 fully saturated rings. The smallest absolute Gasteiger partial charge is 0.310 e. The second kappa shape index (κ2) is 3.81. The zero-order valence-corrected chi connectivity index (χ0v) is 11.2. The van der Waals surface area contributed by atoms with Crippen molar-refractivity contribution in [1.29, 1.82) is 0 Å². The van der Waals surface area contributed by atoms with Gasteiger partial charge in [0.2, 0.25) is 0 Å². The molecule has 4 heteroatoms. The predicted molar refractivity (Wildman–Crippen MR) is 78.1 cm³/mol. The fourth-order valence-corrected chi connectivity index (χ4v) is 3.92. The lowest BCUT2D eigenvalue weighted by Gasteiger charge is -2.46. The number of guanidine groups is 1. The second-order valence-corrected chi connectivity index (χ2v) is 6.01. The van der Waals surface area contributed by atoms with Gasteiger partial charge >= 0.3 is 5.96 Å². The first-order chi connectivity index (χ1) is 9.20. The van der Waals surface area contributed by atoms with Crippen molar-refractivity contribution in [3.8, 4) is 0 Å². The molecule has 1 saturated carbocycles. The summed E-state index contributed by atoms with van der Waals surface area (Å²) in [6.45, 7) is 0.671. The summed E-state index contributed by atoms with van der Waals surface area (Å²) in [6, 6.07) is 8.32.